The van der Waals surface area contributed by atoms with Crippen molar-refractivity contribution in [3.63, 3.8) is 0 Å². The molecular weight excluding hydrogens is 490 g/mol. The van der Waals surface area contributed by atoms with Crippen LogP contribution in [-0.4, -0.2) is 35.0 Å². The molecule has 2 heterocycles. The van der Waals surface area contributed by atoms with Gasteiger partial charge in [-0.2, -0.15) is 0 Å². The molecule has 190 valence electrons. The number of aliphatic carboxylic acids is 1. The molecule has 2 aromatic carbocycles. The molecule has 0 amide bonds. The summed E-state index contributed by atoms with van der Waals surface area (Å²) in [7, 11) is 0. The van der Waals surface area contributed by atoms with Gasteiger partial charge >= 0.3 is 5.97 Å². The van der Waals surface area contributed by atoms with Crippen LogP contribution in [0.5, 0.6) is 11.6 Å². The van der Waals surface area contributed by atoms with Crippen LogP contribution in [0.3, 0.4) is 0 Å². The van der Waals surface area contributed by atoms with Crippen LogP contribution >= 0.6 is 23.1 Å². The minimum absolute atomic E-state index is 0.169. The van der Waals surface area contributed by atoms with Gasteiger partial charge in [0.1, 0.15) is 10.8 Å². The third-order valence-electron chi connectivity index (χ3n) is 6.83. The number of hydrogen-bond acceptors (Lipinski definition) is 6. The average Bonchev–Trinajstić information content (AvgIpc) is 3.48. The van der Waals surface area contributed by atoms with Crippen molar-refractivity contribution in [3.8, 4) is 22.2 Å². The molecule has 1 unspecified atom stereocenters. The Bertz CT molecular complexity index is 1200. The molecule has 1 atom stereocenters. The second kappa shape index (κ2) is 11.7. The van der Waals surface area contributed by atoms with Crippen molar-refractivity contribution in [1.29, 1.82) is 0 Å². The molecule has 0 saturated heterocycles. The van der Waals surface area contributed by atoms with Gasteiger partial charge in [-0.3, -0.25) is 4.79 Å². The number of thiazole rings is 1. The van der Waals surface area contributed by atoms with E-state index >= 15 is 0 Å². The fraction of sp³-hybridized carbons (Fsp3) is 0.448. The first-order valence-electron chi connectivity index (χ1n) is 13.0. The number of ether oxygens (including phenoxy) is 2. The number of fused-ring (bicyclic) bond motifs is 2. The maximum Gasteiger partial charge on any atom is 0.303 e. The summed E-state index contributed by atoms with van der Waals surface area (Å²) in [6.45, 7) is 3.65. The highest BCUT2D eigenvalue weighted by Gasteiger charge is 2.24. The Balaban J connectivity index is 1.14. The highest BCUT2D eigenvalue weighted by atomic mass is 32.2. The molecule has 0 saturated carbocycles. The SMILES string of the molecule is CCCc1cc(-c2nc3c(s2)CCCO3)ccc1OCCCSc1ccc2c(c1)CCC2CC(=O)O. The van der Waals surface area contributed by atoms with Crippen LogP contribution in [0.25, 0.3) is 10.6 Å². The van der Waals surface area contributed by atoms with Crippen LogP contribution in [0.1, 0.15) is 66.5 Å². The zero-order chi connectivity index (χ0) is 24.9. The van der Waals surface area contributed by atoms with E-state index in [0.717, 1.165) is 79.5 Å². The van der Waals surface area contributed by atoms with Crippen molar-refractivity contribution in [2.45, 2.75) is 69.1 Å². The summed E-state index contributed by atoms with van der Waals surface area (Å²) in [5, 5.41) is 10.2. The molecule has 3 aromatic rings. The maximum absolute atomic E-state index is 11.1. The second-order valence-corrected chi connectivity index (χ2v) is 11.8. The predicted molar refractivity (Wildman–Crippen MR) is 146 cm³/mol. The molecular formula is C29H33NO4S2. The average molecular weight is 524 g/mol. The summed E-state index contributed by atoms with van der Waals surface area (Å²) < 4.78 is 11.9. The standard InChI is InChI=1S/C29H33NO4S2/c1-2-5-21-16-22(29-30-28-26(36-29)6-3-13-34-28)9-12-25(21)33-14-4-15-35-23-10-11-24-19(17-23)7-8-20(24)18-27(31)32/h9-12,16-17,20H,2-8,13-15,18H2,1H3,(H,31,32). The lowest BCUT2D eigenvalue weighted by molar-refractivity contribution is -0.137. The molecule has 1 aromatic heterocycles. The molecule has 0 bridgehead atoms. The summed E-state index contributed by atoms with van der Waals surface area (Å²) in [5.74, 6) is 2.25. The number of carbonyl (C=O) groups is 1. The lowest BCUT2D eigenvalue weighted by Crippen LogP contribution is -2.06. The van der Waals surface area contributed by atoms with Gasteiger partial charge in [-0.25, -0.2) is 4.98 Å². The highest BCUT2D eigenvalue weighted by Crippen LogP contribution is 2.38. The Morgan fingerprint density at radius 3 is 3.00 bits per heavy atom. The number of carboxylic acid groups (broad SMARTS) is 1. The number of thioether (sulfide) groups is 1. The Morgan fingerprint density at radius 2 is 2.17 bits per heavy atom. The Hall–Kier alpha value is -2.51. The van der Waals surface area contributed by atoms with Gasteiger partial charge in [0.05, 0.1) is 24.5 Å². The number of hydrogen-bond donors (Lipinski definition) is 1. The van der Waals surface area contributed by atoms with Crippen molar-refractivity contribution in [3.05, 3.63) is 58.0 Å². The van der Waals surface area contributed by atoms with Crippen molar-refractivity contribution < 1.29 is 19.4 Å². The molecule has 1 aliphatic carbocycles. The summed E-state index contributed by atoms with van der Waals surface area (Å²) in [6, 6.07) is 13.0. The van der Waals surface area contributed by atoms with Crippen molar-refractivity contribution in [2.75, 3.05) is 19.0 Å². The monoisotopic (exact) mass is 523 g/mol. The number of carboxylic acids is 1. The lowest BCUT2D eigenvalue weighted by atomic mass is 9.98. The van der Waals surface area contributed by atoms with Crippen LogP contribution in [-0.2, 0) is 24.1 Å². The van der Waals surface area contributed by atoms with Crippen molar-refractivity contribution >= 4 is 29.1 Å². The Morgan fingerprint density at radius 1 is 1.25 bits per heavy atom. The van der Waals surface area contributed by atoms with Gasteiger partial charge in [-0.05, 0) is 91.5 Å². The van der Waals surface area contributed by atoms with Gasteiger partial charge in [0, 0.05) is 16.2 Å². The molecule has 0 fully saturated rings. The van der Waals surface area contributed by atoms with E-state index in [1.165, 1.54) is 26.5 Å². The van der Waals surface area contributed by atoms with Crippen molar-refractivity contribution in [1.82, 2.24) is 4.98 Å². The zero-order valence-corrected chi connectivity index (χ0v) is 22.4. The molecule has 1 N–H and O–H groups in total. The number of benzene rings is 2. The number of nitrogens with zero attached hydrogens (tertiary/aromatic N) is 1. The summed E-state index contributed by atoms with van der Waals surface area (Å²) in [4.78, 5) is 18.3. The minimum atomic E-state index is -0.709. The van der Waals surface area contributed by atoms with E-state index < -0.39 is 5.97 Å². The molecule has 0 spiro atoms. The van der Waals surface area contributed by atoms with Crippen LogP contribution < -0.4 is 9.47 Å². The van der Waals surface area contributed by atoms with E-state index in [-0.39, 0.29) is 12.3 Å². The van der Waals surface area contributed by atoms with E-state index in [1.807, 2.05) is 11.8 Å². The molecule has 7 heteroatoms. The molecule has 5 rings (SSSR count). The first kappa shape index (κ1) is 25.2. The van der Waals surface area contributed by atoms with E-state index in [9.17, 15) is 4.79 Å². The summed E-state index contributed by atoms with van der Waals surface area (Å²) >= 11 is 3.60. The fourth-order valence-corrected chi connectivity index (χ4v) is 7.01. The predicted octanol–water partition coefficient (Wildman–Crippen LogP) is 7.15. The highest BCUT2D eigenvalue weighted by molar-refractivity contribution is 7.99. The minimum Gasteiger partial charge on any atom is -0.493 e. The summed E-state index contributed by atoms with van der Waals surface area (Å²) in [6.07, 6.45) is 7.31. The van der Waals surface area contributed by atoms with E-state index in [2.05, 4.69) is 43.3 Å². The van der Waals surface area contributed by atoms with Crippen LogP contribution in [0, 0.1) is 0 Å². The van der Waals surface area contributed by atoms with Gasteiger partial charge in [0.2, 0.25) is 5.88 Å². The Kier molecular flexibility index (Phi) is 8.17. The van der Waals surface area contributed by atoms with Crippen LogP contribution in [0.4, 0.5) is 0 Å². The third-order valence-corrected chi connectivity index (χ3v) is 9.05. The van der Waals surface area contributed by atoms with Gasteiger partial charge < -0.3 is 14.6 Å². The van der Waals surface area contributed by atoms with E-state index in [0.29, 0.717) is 6.61 Å². The van der Waals surface area contributed by atoms with Gasteiger partial charge in [0.25, 0.3) is 0 Å². The fourth-order valence-electron chi connectivity index (χ4n) is 5.08. The summed E-state index contributed by atoms with van der Waals surface area (Å²) in [5.41, 5.74) is 4.93. The number of rotatable bonds is 11. The molecule has 5 nitrogen and oxygen atoms in total. The van der Waals surface area contributed by atoms with Crippen LogP contribution in [0.15, 0.2) is 41.3 Å². The normalized spacial score (nSPS) is 16.3. The van der Waals surface area contributed by atoms with E-state index in [1.54, 1.807) is 11.3 Å². The van der Waals surface area contributed by atoms with Crippen LogP contribution in [0.2, 0.25) is 0 Å². The van der Waals surface area contributed by atoms with Crippen molar-refractivity contribution in [2.24, 2.45) is 0 Å². The van der Waals surface area contributed by atoms with Gasteiger partial charge in [-0.15, -0.1) is 23.1 Å². The quantitative estimate of drug-likeness (QED) is 0.213. The Labute approximate surface area is 221 Å². The number of aryl methyl sites for hydroxylation is 3. The zero-order valence-electron chi connectivity index (χ0n) is 20.8. The largest absolute Gasteiger partial charge is 0.493 e. The van der Waals surface area contributed by atoms with Gasteiger partial charge in [-0.1, -0.05) is 19.4 Å². The molecule has 1 aliphatic heterocycles. The first-order chi connectivity index (χ1) is 17.6. The van der Waals surface area contributed by atoms with Gasteiger partial charge in [0.15, 0.2) is 0 Å². The van der Waals surface area contributed by atoms with E-state index in [4.69, 9.17) is 19.6 Å². The third kappa shape index (κ3) is 5.89. The molecule has 2 aliphatic rings. The molecule has 0 radical (unpaired) electrons. The first-order valence-corrected chi connectivity index (χ1v) is 14.8. The topological polar surface area (TPSA) is 68.7 Å². The molecule has 36 heavy (non-hydrogen) atoms. The smallest absolute Gasteiger partial charge is 0.303 e. The second-order valence-electron chi connectivity index (χ2n) is 9.52. The lowest BCUT2D eigenvalue weighted by Gasteiger charge is -2.13. The number of aromatic nitrogens is 1. The maximum atomic E-state index is 11.1.